The highest BCUT2D eigenvalue weighted by atomic mass is 79.9. The SMILES string of the molecule is Cc1nc(N)sc1S(=O)(=O)Nc1cc(Br)ccc1F. The van der Waals surface area contributed by atoms with Gasteiger partial charge in [-0.15, -0.1) is 0 Å². The molecule has 1 heterocycles. The van der Waals surface area contributed by atoms with Crippen molar-refractivity contribution >= 4 is 48.1 Å². The van der Waals surface area contributed by atoms with Crippen LogP contribution in [0.4, 0.5) is 15.2 Å². The van der Waals surface area contributed by atoms with Gasteiger partial charge in [-0.05, 0) is 25.1 Å². The smallest absolute Gasteiger partial charge is 0.273 e. The summed E-state index contributed by atoms with van der Waals surface area (Å²) in [7, 11) is -3.90. The van der Waals surface area contributed by atoms with Gasteiger partial charge in [0.1, 0.15) is 5.82 Å². The first-order chi connectivity index (χ1) is 8.79. The van der Waals surface area contributed by atoms with E-state index in [1.807, 2.05) is 0 Å². The number of thiazole rings is 1. The lowest BCUT2D eigenvalue weighted by atomic mass is 10.3. The van der Waals surface area contributed by atoms with Gasteiger partial charge in [0.15, 0.2) is 9.34 Å². The van der Waals surface area contributed by atoms with E-state index >= 15 is 0 Å². The van der Waals surface area contributed by atoms with Gasteiger partial charge in [-0.1, -0.05) is 27.3 Å². The highest BCUT2D eigenvalue weighted by molar-refractivity contribution is 9.10. The minimum atomic E-state index is -3.90. The van der Waals surface area contributed by atoms with Crippen LogP contribution in [0.25, 0.3) is 0 Å². The molecule has 0 aliphatic carbocycles. The molecule has 0 saturated carbocycles. The van der Waals surface area contributed by atoms with Crippen molar-refractivity contribution in [2.24, 2.45) is 0 Å². The molecule has 0 bridgehead atoms. The minimum Gasteiger partial charge on any atom is -0.375 e. The molecule has 0 atom stereocenters. The van der Waals surface area contributed by atoms with Gasteiger partial charge >= 0.3 is 0 Å². The van der Waals surface area contributed by atoms with Crippen molar-refractivity contribution in [3.63, 3.8) is 0 Å². The molecule has 0 aliphatic heterocycles. The average Bonchev–Trinajstić information content (AvgIpc) is 2.63. The highest BCUT2D eigenvalue weighted by Crippen LogP contribution is 2.28. The van der Waals surface area contributed by atoms with Crippen molar-refractivity contribution in [3.05, 3.63) is 34.2 Å². The zero-order valence-electron chi connectivity index (χ0n) is 9.65. The molecule has 0 amide bonds. The van der Waals surface area contributed by atoms with Gasteiger partial charge in [0.05, 0.1) is 11.4 Å². The second-order valence-electron chi connectivity index (χ2n) is 3.65. The summed E-state index contributed by atoms with van der Waals surface area (Å²) in [5.41, 5.74) is 5.60. The number of nitrogens with zero attached hydrogens (tertiary/aromatic N) is 1. The van der Waals surface area contributed by atoms with E-state index in [1.165, 1.54) is 19.1 Å². The number of aromatic nitrogens is 1. The second-order valence-corrected chi connectivity index (χ2v) is 7.48. The molecule has 2 rings (SSSR count). The Labute approximate surface area is 121 Å². The number of nitrogens with two attached hydrogens (primary N) is 1. The Hall–Kier alpha value is -1.19. The maximum Gasteiger partial charge on any atom is 0.273 e. The number of benzene rings is 1. The van der Waals surface area contributed by atoms with Crippen LogP contribution in [0.2, 0.25) is 0 Å². The van der Waals surface area contributed by atoms with Crippen molar-refractivity contribution < 1.29 is 12.8 Å². The largest absolute Gasteiger partial charge is 0.375 e. The lowest BCUT2D eigenvalue weighted by Crippen LogP contribution is -2.13. The highest BCUT2D eigenvalue weighted by Gasteiger charge is 2.22. The first-order valence-electron chi connectivity index (χ1n) is 5.00. The van der Waals surface area contributed by atoms with Crippen LogP contribution in [0.15, 0.2) is 26.9 Å². The summed E-state index contributed by atoms with van der Waals surface area (Å²) >= 11 is 3.98. The van der Waals surface area contributed by atoms with E-state index in [-0.39, 0.29) is 20.7 Å². The number of hydrogen-bond donors (Lipinski definition) is 2. The van der Waals surface area contributed by atoms with Crippen LogP contribution in [-0.2, 0) is 10.0 Å². The Bertz CT molecular complexity index is 730. The standard InChI is InChI=1S/C10H9BrFN3O2S2/c1-5-9(18-10(13)14-5)19(16,17)15-8-4-6(11)2-3-7(8)12/h2-4,15H,1H3,(H2,13,14). The molecule has 0 unspecified atom stereocenters. The molecule has 102 valence electrons. The summed E-state index contributed by atoms with van der Waals surface area (Å²) in [5.74, 6) is -0.665. The van der Waals surface area contributed by atoms with Crippen LogP contribution in [0.5, 0.6) is 0 Å². The van der Waals surface area contributed by atoms with Crippen LogP contribution >= 0.6 is 27.3 Å². The molecule has 1 aromatic carbocycles. The molecule has 0 saturated heterocycles. The summed E-state index contributed by atoms with van der Waals surface area (Å²) in [6.45, 7) is 1.53. The topological polar surface area (TPSA) is 85.1 Å². The van der Waals surface area contributed by atoms with Gasteiger partial charge in [-0.3, -0.25) is 4.72 Å². The maximum atomic E-state index is 13.5. The average molecular weight is 366 g/mol. The fraction of sp³-hybridized carbons (Fsp3) is 0.100. The van der Waals surface area contributed by atoms with Gasteiger partial charge in [0, 0.05) is 4.47 Å². The van der Waals surface area contributed by atoms with Crippen LogP contribution in [0.1, 0.15) is 5.69 Å². The molecule has 0 aliphatic rings. The number of sulfonamides is 1. The first kappa shape index (κ1) is 14.2. The van der Waals surface area contributed by atoms with E-state index < -0.39 is 15.8 Å². The summed E-state index contributed by atoms with van der Waals surface area (Å²) < 4.78 is 40.5. The molecular formula is C10H9BrFN3O2S2. The van der Waals surface area contributed by atoms with Crippen LogP contribution in [-0.4, -0.2) is 13.4 Å². The zero-order valence-corrected chi connectivity index (χ0v) is 12.9. The Balaban J connectivity index is 2.42. The first-order valence-corrected chi connectivity index (χ1v) is 8.09. The lowest BCUT2D eigenvalue weighted by Gasteiger charge is -2.08. The third kappa shape index (κ3) is 3.04. The lowest BCUT2D eigenvalue weighted by molar-refractivity contribution is 0.599. The van der Waals surface area contributed by atoms with Gasteiger partial charge in [-0.2, -0.15) is 0 Å². The minimum absolute atomic E-state index is 0.0237. The van der Waals surface area contributed by atoms with E-state index in [4.69, 9.17) is 5.73 Å². The number of hydrogen-bond acceptors (Lipinski definition) is 5. The van der Waals surface area contributed by atoms with E-state index in [2.05, 4.69) is 25.6 Å². The van der Waals surface area contributed by atoms with E-state index in [1.54, 1.807) is 0 Å². The molecule has 1 aromatic heterocycles. The monoisotopic (exact) mass is 365 g/mol. The summed E-state index contributed by atoms with van der Waals surface area (Å²) in [5, 5.41) is 0.146. The number of halogens is 2. The predicted molar refractivity (Wildman–Crippen MR) is 76.2 cm³/mol. The Morgan fingerprint density at radius 3 is 2.74 bits per heavy atom. The third-order valence-corrected chi connectivity index (χ3v) is 5.64. The van der Waals surface area contributed by atoms with Crippen LogP contribution in [0, 0.1) is 12.7 Å². The van der Waals surface area contributed by atoms with Gasteiger partial charge in [0.2, 0.25) is 0 Å². The quantitative estimate of drug-likeness (QED) is 0.875. The number of rotatable bonds is 3. The van der Waals surface area contributed by atoms with Gasteiger partial charge in [-0.25, -0.2) is 17.8 Å². The molecule has 2 aromatic rings. The number of nitrogens with one attached hydrogen (secondary N) is 1. The molecule has 9 heteroatoms. The predicted octanol–water partition coefficient (Wildman–Crippen LogP) is 2.74. The molecule has 3 N–H and O–H groups in total. The molecule has 0 spiro atoms. The number of aryl methyl sites for hydroxylation is 1. The van der Waals surface area contributed by atoms with E-state index in [0.29, 0.717) is 4.47 Å². The van der Waals surface area contributed by atoms with Crippen molar-refractivity contribution in [2.45, 2.75) is 11.1 Å². The molecule has 19 heavy (non-hydrogen) atoms. The molecule has 0 radical (unpaired) electrons. The number of nitrogen functional groups attached to an aromatic ring is 1. The normalized spacial score (nSPS) is 11.5. The Morgan fingerprint density at radius 1 is 1.47 bits per heavy atom. The van der Waals surface area contributed by atoms with E-state index in [9.17, 15) is 12.8 Å². The Kier molecular flexibility index (Phi) is 3.79. The molecule has 5 nitrogen and oxygen atoms in total. The fourth-order valence-electron chi connectivity index (χ4n) is 1.42. The molecule has 0 fully saturated rings. The van der Waals surface area contributed by atoms with E-state index in [0.717, 1.165) is 17.4 Å². The second kappa shape index (κ2) is 5.06. The van der Waals surface area contributed by atoms with Crippen molar-refractivity contribution in [1.29, 1.82) is 0 Å². The zero-order chi connectivity index (χ0) is 14.2. The van der Waals surface area contributed by atoms with Crippen molar-refractivity contribution in [1.82, 2.24) is 4.98 Å². The van der Waals surface area contributed by atoms with Crippen LogP contribution < -0.4 is 10.5 Å². The van der Waals surface area contributed by atoms with Crippen molar-refractivity contribution in [3.8, 4) is 0 Å². The van der Waals surface area contributed by atoms with Gasteiger partial charge < -0.3 is 5.73 Å². The summed E-state index contributed by atoms with van der Waals surface area (Å²) in [6.07, 6.45) is 0. The van der Waals surface area contributed by atoms with Crippen molar-refractivity contribution in [2.75, 3.05) is 10.5 Å². The van der Waals surface area contributed by atoms with Crippen LogP contribution in [0.3, 0.4) is 0 Å². The van der Waals surface area contributed by atoms with Gasteiger partial charge in [0.25, 0.3) is 10.0 Å². The summed E-state index contributed by atoms with van der Waals surface area (Å²) in [4.78, 5) is 3.83. The molecular weight excluding hydrogens is 357 g/mol. The number of anilines is 2. The Morgan fingerprint density at radius 2 is 2.16 bits per heavy atom. The summed E-state index contributed by atoms with van der Waals surface area (Å²) in [6, 6.07) is 3.98. The third-order valence-electron chi connectivity index (χ3n) is 2.19. The fourth-order valence-corrected chi connectivity index (χ4v) is 4.14. The maximum absolute atomic E-state index is 13.5.